The van der Waals surface area contributed by atoms with Crippen molar-refractivity contribution in [2.24, 2.45) is 5.16 Å². The van der Waals surface area contributed by atoms with Crippen molar-refractivity contribution in [2.45, 2.75) is 25.2 Å². The van der Waals surface area contributed by atoms with E-state index >= 15 is 4.39 Å². The van der Waals surface area contributed by atoms with E-state index in [9.17, 15) is 9.59 Å². The highest BCUT2D eigenvalue weighted by atomic mass is 19.1. The Morgan fingerprint density at radius 3 is 2.74 bits per heavy atom. The monoisotopic (exact) mass is 578 g/mol. The smallest absolute Gasteiger partial charge is 0.414 e. The van der Waals surface area contributed by atoms with Crippen LogP contribution in [0, 0.1) is 5.82 Å². The minimum atomic E-state index is -0.539. The molecule has 0 radical (unpaired) electrons. The maximum absolute atomic E-state index is 15.2. The van der Waals surface area contributed by atoms with E-state index in [-0.39, 0.29) is 31.8 Å². The Hall–Kier alpha value is -4.43. The summed E-state index contributed by atoms with van der Waals surface area (Å²) in [5.74, 6) is -0.507. The Morgan fingerprint density at radius 1 is 1.14 bits per heavy atom. The van der Waals surface area contributed by atoms with E-state index in [1.54, 1.807) is 47.5 Å². The van der Waals surface area contributed by atoms with Crippen LogP contribution in [-0.4, -0.2) is 113 Å². The zero-order valence-electron chi connectivity index (χ0n) is 23.1. The minimum absolute atomic E-state index is 0.0126. The number of piperazine rings is 1. The molecular weight excluding hydrogens is 547 g/mol. The van der Waals surface area contributed by atoms with Gasteiger partial charge in [0.1, 0.15) is 24.2 Å². The first-order valence-corrected chi connectivity index (χ1v) is 13.8. The summed E-state index contributed by atoms with van der Waals surface area (Å²) < 4.78 is 27.8. The lowest BCUT2D eigenvalue weighted by molar-refractivity contribution is -0.139. The van der Waals surface area contributed by atoms with Gasteiger partial charge in [0.25, 0.3) is 0 Å². The first-order chi connectivity index (χ1) is 20.4. The van der Waals surface area contributed by atoms with Gasteiger partial charge in [0.05, 0.1) is 37.3 Å². The summed E-state index contributed by atoms with van der Waals surface area (Å²) in [7, 11) is 2.04. The van der Waals surface area contributed by atoms with Crippen LogP contribution in [0.15, 0.2) is 54.1 Å². The molecule has 13 nitrogen and oxygen atoms in total. The van der Waals surface area contributed by atoms with Crippen molar-refractivity contribution in [3.63, 3.8) is 0 Å². The van der Waals surface area contributed by atoms with Crippen LogP contribution < -0.4 is 4.90 Å². The second-order valence-electron chi connectivity index (χ2n) is 10.5. The molecule has 3 aliphatic rings. The first kappa shape index (κ1) is 27.7. The number of amides is 2. The van der Waals surface area contributed by atoms with E-state index in [4.69, 9.17) is 14.3 Å². The van der Waals surface area contributed by atoms with E-state index in [0.29, 0.717) is 54.3 Å². The molecule has 3 aromatic rings. The lowest BCUT2D eigenvalue weighted by atomic mass is 10.0. The number of nitrogens with zero attached hydrogens (tertiary/aromatic N) is 8. The number of carbonyl (C=O) groups excluding carboxylic acids is 2. The van der Waals surface area contributed by atoms with Crippen LogP contribution in [0.25, 0.3) is 11.1 Å². The Kier molecular flexibility index (Phi) is 8.06. The molecule has 1 aromatic carbocycles. The van der Waals surface area contributed by atoms with Crippen LogP contribution in [0.2, 0.25) is 0 Å². The highest BCUT2D eigenvalue weighted by Gasteiger charge is 2.33. The third kappa shape index (κ3) is 6.24. The van der Waals surface area contributed by atoms with Crippen molar-refractivity contribution in [1.82, 2.24) is 29.8 Å². The van der Waals surface area contributed by atoms with Crippen molar-refractivity contribution in [3.8, 4) is 11.1 Å². The maximum Gasteiger partial charge on any atom is 0.414 e. The number of pyridine rings is 1. The summed E-state index contributed by atoms with van der Waals surface area (Å²) in [6.45, 7) is 4.03. The van der Waals surface area contributed by atoms with Crippen LogP contribution in [0.1, 0.15) is 12.1 Å². The number of anilines is 1. The first-order valence-electron chi connectivity index (χ1n) is 13.8. The van der Waals surface area contributed by atoms with E-state index in [0.717, 1.165) is 13.1 Å². The van der Waals surface area contributed by atoms with Gasteiger partial charge < -0.3 is 24.1 Å². The van der Waals surface area contributed by atoms with Crippen LogP contribution in [0.4, 0.5) is 14.9 Å². The number of carbonyl (C=O) groups is 2. The Bertz CT molecular complexity index is 1440. The van der Waals surface area contributed by atoms with Gasteiger partial charge in [0, 0.05) is 56.1 Å². The number of halogens is 1. The zero-order valence-corrected chi connectivity index (χ0v) is 23.1. The number of aromatic nitrogens is 4. The fraction of sp³-hybridized carbons (Fsp3) is 0.429. The number of likely N-dealkylation sites (N-methyl/N-ethyl adjacent to an activating group) is 1. The standard InChI is InChI=1S/C28H31FN8O5/c1-34-8-10-35(11-9-34)27(38)18-40-17-21-13-26(32-42-21)25-5-2-19(14-30-25)23-4-3-20(12-24(23)29)37-16-22(41-28(37)39)15-36-7-6-31-33-36/h2-7,12,14,21-22H,8-11,13,15-18H2,1H3/t21-,22-/m0/s1. The topological polar surface area (TPSA) is 128 Å². The summed E-state index contributed by atoms with van der Waals surface area (Å²) in [6, 6.07) is 8.14. The molecule has 0 aliphatic carbocycles. The summed E-state index contributed by atoms with van der Waals surface area (Å²) in [6.07, 6.45) is 4.03. The Morgan fingerprint density at radius 2 is 2.00 bits per heavy atom. The number of rotatable bonds is 9. The minimum Gasteiger partial charge on any atom is -0.442 e. The van der Waals surface area contributed by atoms with Crippen molar-refractivity contribution in [1.29, 1.82) is 0 Å². The molecule has 0 saturated carbocycles. The second-order valence-corrected chi connectivity index (χ2v) is 10.5. The van der Waals surface area contributed by atoms with Crippen LogP contribution in [0.3, 0.4) is 0 Å². The van der Waals surface area contributed by atoms with Crippen molar-refractivity contribution in [2.75, 3.05) is 57.9 Å². The molecule has 42 heavy (non-hydrogen) atoms. The molecule has 3 aliphatic heterocycles. The Balaban J connectivity index is 1.00. The predicted molar refractivity (Wildman–Crippen MR) is 148 cm³/mol. The predicted octanol–water partition coefficient (Wildman–Crippen LogP) is 1.79. The van der Waals surface area contributed by atoms with E-state index < -0.39 is 18.0 Å². The summed E-state index contributed by atoms with van der Waals surface area (Å²) in [5.41, 5.74) is 2.61. The highest BCUT2D eigenvalue weighted by molar-refractivity contribution is 5.99. The second kappa shape index (κ2) is 12.2. The molecule has 0 unspecified atom stereocenters. The average molecular weight is 579 g/mol. The van der Waals surface area contributed by atoms with Crippen LogP contribution in [-0.2, 0) is 25.7 Å². The van der Waals surface area contributed by atoms with Gasteiger partial charge >= 0.3 is 6.09 Å². The quantitative estimate of drug-likeness (QED) is 0.373. The average Bonchev–Trinajstić information content (AvgIpc) is 3.76. The van der Waals surface area contributed by atoms with Gasteiger partial charge in [-0.15, -0.1) is 5.10 Å². The van der Waals surface area contributed by atoms with Crippen LogP contribution >= 0.6 is 0 Å². The summed E-state index contributed by atoms with van der Waals surface area (Å²) >= 11 is 0. The van der Waals surface area contributed by atoms with E-state index in [1.165, 1.54) is 11.0 Å². The van der Waals surface area contributed by atoms with E-state index in [1.807, 2.05) is 11.9 Å². The van der Waals surface area contributed by atoms with Crippen LogP contribution in [0.5, 0.6) is 0 Å². The third-order valence-electron chi connectivity index (χ3n) is 7.49. The molecule has 0 spiro atoms. The number of hydrogen-bond donors (Lipinski definition) is 0. The largest absolute Gasteiger partial charge is 0.442 e. The summed E-state index contributed by atoms with van der Waals surface area (Å²) in [4.78, 5) is 40.1. The molecule has 2 saturated heterocycles. The van der Waals surface area contributed by atoms with Gasteiger partial charge in [0.15, 0.2) is 6.10 Å². The van der Waals surface area contributed by atoms with Crippen molar-refractivity contribution < 1.29 is 28.3 Å². The van der Waals surface area contributed by atoms with Gasteiger partial charge in [-0.05, 0) is 31.3 Å². The lowest BCUT2D eigenvalue weighted by Crippen LogP contribution is -2.48. The van der Waals surface area contributed by atoms with Gasteiger partial charge in [-0.3, -0.25) is 14.7 Å². The molecule has 2 fully saturated rings. The third-order valence-corrected chi connectivity index (χ3v) is 7.49. The SMILES string of the molecule is CN1CCN(C(=O)COC[C@@H]2CC(c3ccc(-c4ccc(N5C[C@H](Cn6ccnn6)OC5=O)cc4F)cn3)=NO2)CC1. The number of oxime groups is 1. The molecule has 2 aromatic heterocycles. The molecule has 0 N–H and O–H groups in total. The zero-order chi connectivity index (χ0) is 29.1. The lowest BCUT2D eigenvalue weighted by Gasteiger charge is -2.32. The van der Waals surface area contributed by atoms with Gasteiger partial charge in [0.2, 0.25) is 5.91 Å². The number of benzene rings is 1. The molecule has 2 amide bonds. The number of cyclic esters (lactones) is 1. The van der Waals surface area contributed by atoms with Gasteiger partial charge in [-0.1, -0.05) is 16.4 Å². The van der Waals surface area contributed by atoms with Gasteiger partial charge in [-0.25, -0.2) is 13.9 Å². The molecule has 220 valence electrons. The summed E-state index contributed by atoms with van der Waals surface area (Å²) in [5, 5.41) is 11.8. The molecule has 2 atom stereocenters. The molecule has 0 bridgehead atoms. The molecule has 5 heterocycles. The normalized spacial score (nSPS) is 20.9. The Labute approximate surface area is 241 Å². The molecule has 6 rings (SSSR count). The fourth-order valence-electron chi connectivity index (χ4n) is 5.09. The maximum atomic E-state index is 15.2. The van der Waals surface area contributed by atoms with Crippen molar-refractivity contribution in [3.05, 3.63) is 60.4 Å². The fourth-order valence-corrected chi connectivity index (χ4v) is 5.09. The molecule has 14 heteroatoms. The molecular formula is C28H31FN8O5. The van der Waals surface area contributed by atoms with Crippen molar-refractivity contribution >= 4 is 23.4 Å². The highest BCUT2D eigenvalue weighted by Crippen LogP contribution is 2.29. The number of hydrogen-bond acceptors (Lipinski definition) is 10. The van der Waals surface area contributed by atoms with Gasteiger partial charge in [-0.2, -0.15) is 0 Å². The number of ether oxygens (including phenoxy) is 2. The van der Waals surface area contributed by atoms with E-state index in [2.05, 4.69) is 25.4 Å².